The first-order valence-electron chi connectivity index (χ1n) is 19.6. The quantitative estimate of drug-likeness (QED) is 0.135. The van der Waals surface area contributed by atoms with E-state index in [1.165, 1.54) is 53.8 Å². The molecule has 3 heterocycles. The van der Waals surface area contributed by atoms with Gasteiger partial charge in [-0.15, -0.1) is 23.5 Å². The Morgan fingerprint density at radius 1 is 0.964 bits per heavy atom. The third-order valence-electron chi connectivity index (χ3n) is 10.3. The molecule has 300 valence electrons. The third kappa shape index (κ3) is 10.1. The van der Waals surface area contributed by atoms with Crippen molar-refractivity contribution in [3.05, 3.63) is 127 Å². The Morgan fingerprint density at radius 3 is 2.34 bits per heavy atom. The van der Waals surface area contributed by atoms with Gasteiger partial charge in [-0.05, 0) is 104 Å². The van der Waals surface area contributed by atoms with E-state index in [2.05, 4.69) is 38.1 Å². The summed E-state index contributed by atoms with van der Waals surface area (Å²) >= 11 is 3.53. The van der Waals surface area contributed by atoms with Crippen molar-refractivity contribution in [3.63, 3.8) is 0 Å². The maximum atomic E-state index is 14.2. The average Bonchev–Trinajstić information content (AvgIpc) is 4.15. The predicted molar refractivity (Wildman–Crippen MR) is 227 cm³/mol. The molecule has 2 saturated carbocycles. The van der Waals surface area contributed by atoms with Crippen molar-refractivity contribution in [1.29, 1.82) is 0 Å². The van der Waals surface area contributed by atoms with Crippen molar-refractivity contribution in [1.82, 2.24) is 9.47 Å². The van der Waals surface area contributed by atoms with Crippen LogP contribution in [0.2, 0.25) is 0 Å². The normalized spacial score (nSPS) is 19.5. The number of benzene rings is 3. The van der Waals surface area contributed by atoms with Crippen LogP contribution in [-0.4, -0.2) is 68.8 Å². The zero-order valence-corrected chi connectivity index (χ0v) is 34.7. The number of aliphatic hydroxyl groups is 2. The van der Waals surface area contributed by atoms with Crippen molar-refractivity contribution in [3.8, 4) is 5.75 Å². The van der Waals surface area contributed by atoms with Crippen LogP contribution in [0.15, 0.2) is 98.8 Å². The molecule has 0 radical (unpaired) electrons. The Hall–Kier alpha value is -4.03. The van der Waals surface area contributed by atoms with Gasteiger partial charge in [0.15, 0.2) is 0 Å². The van der Waals surface area contributed by atoms with E-state index in [4.69, 9.17) is 14.6 Å². The van der Waals surface area contributed by atoms with E-state index in [-0.39, 0.29) is 43.3 Å². The summed E-state index contributed by atoms with van der Waals surface area (Å²) in [5.74, 6) is 3.55. The number of hydrogen-bond donors (Lipinski definition) is 3. The first-order valence-corrected chi connectivity index (χ1v) is 21.5. The van der Waals surface area contributed by atoms with Gasteiger partial charge in [0.2, 0.25) is 0 Å². The summed E-state index contributed by atoms with van der Waals surface area (Å²) in [5, 5.41) is 31.0. The summed E-state index contributed by atoms with van der Waals surface area (Å²) < 4.78 is 22.4. The van der Waals surface area contributed by atoms with Crippen LogP contribution >= 0.6 is 23.5 Å². The largest absolute Gasteiger partial charge is 0.488 e. The molecule has 2 unspecified atom stereocenters. The summed E-state index contributed by atoms with van der Waals surface area (Å²) in [7, 11) is 0. The number of aryl methyl sites for hydroxylation is 1. The SMILES string of the molecule is C/C=C(COc1cccc2ccccc12)\C(=C1\SCC(CO)N1CO)C1CC1.CC.Cc1ccc(F)c(Cc2cc(=O)n3c(c2C2CC2)SCC3C)c1.O=CO. The minimum Gasteiger partial charge on any atom is -0.488 e. The van der Waals surface area contributed by atoms with Gasteiger partial charge in [0.1, 0.15) is 24.9 Å². The molecule has 4 aromatic rings. The number of rotatable bonds is 10. The maximum Gasteiger partial charge on any atom is 0.290 e. The summed E-state index contributed by atoms with van der Waals surface area (Å²) in [4.78, 5) is 22.8. The number of thioether (sulfide) groups is 2. The van der Waals surface area contributed by atoms with E-state index in [0.717, 1.165) is 43.8 Å². The lowest BCUT2D eigenvalue weighted by Crippen LogP contribution is -2.34. The van der Waals surface area contributed by atoms with E-state index in [9.17, 15) is 19.4 Å². The van der Waals surface area contributed by atoms with Crippen molar-refractivity contribution in [2.24, 2.45) is 5.92 Å². The lowest BCUT2D eigenvalue weighted by Gasteiger charge is -2.26. The molecule has 11 heteroatoms. The summed E-state index contributed by atoms with van der Waals surface area (Å²) in [6.07, 6.45) is 7.36. The van der Waals surface area contributed by atoms with Crippen LogP contribution in [0, 0.1) is 18.7 Å². The van der Waals surface area contributed by atoms with Gasteiger partial charge in [0.05, 0.1) is 22.7 Å². The summed E-state index contributed by atoms with van der Waals surface area (Å²) in [6, 6.07) is 21.6. The Kier molecular flexibility index (Phi) is 15.7. The van der Waals surface area contributed by atoms with Crippen molar-refractivity contribution in [2.45, 2.75) is 89.8 Å². The van der Waals surface area contributed by atoms with Crippen LogP contribution in [0.1, 0.15) is 87.6 Å². The number of pyridine rings is 1. The summed E-state index contributed by atoms with van der Waals surface area (Å²) in [6.45, 7) is 10.4. The van der Waals surface area contributed by atoms with Gasteiger partial charge in [0, 0.05) is 35.4 Å². The van der Waals surface area contributed by atoms with Crippen LogP contribution < -0.4 is 10.3 Å². The van der Waals surface area contributed by atoms with Crippen LogP contribution in [-0.2, 0) is 11.2 Å². The van der Waals surface area contributed by atoms with Gasteiger partial charge in [-0.25, -0.2) is 4.39 Å². The Balaban J connectivity index is 0.000000195. The second-order valence-electron chi connectivity index (χ2n) is 14.2. The van der Waals surface area contributed by atoms with Crippen molar-refractivity contribution >= 4 is 40.8 Å². The first-order chi connectivity index (χ1) is 27.2. The smallest absolute Gasteiger partial charge is 0.290 e. The van der Waals surface area contributed by atoms with E-state index in [1.807, 2.05) is 60.6 Å². The lowest BCUT2D eigenvalue weighted by atomic mass is 9.97. The second kappa shape index (κ2) is 20.4. The molecule has 1 saturated heterocycles. The number of carboxylic acid groups (broad SMARTS) is 1. The molecule has 0 spiro atoms. The molecule has 4 aliphatic rings. The number of fused-ring (bicyclic) bond motifs is 2. The number of ether oxygens (including phenoxy) is 1. The van der Waals surface area contributed by atoms with Crippen molar-refractivity contribution < 1.29 is 29.2 Å². The Labute approximate surface area is 338 Å². The molecule has 8 nitrogen and oxygen atoms in total. The number of aromatic nitrogens is 1. The number of allylic oxidation sites excluding steroid dienone is 1. The summed E-state index contributed by atoms with van der Waals surface area (Å²) in [5.41, 5.74) is 6.59. The van der Waals surface area contributed by atoms with E-state index < -0.39 is 0 Å². The lowest BCUT2D eigenvalue weighted by molar-refractivity contribution is -0.122. The van der Waals surface area contributed by atoms with Gasteiger partial charge in [-0.1, -0.05) is 74.0 Å². The number of hydrogen-bond acceptors (Lipinski definition) is 8. The molecule has 0 amide bonds. The standard InChI is InChI=1S/C23H27NO3S.C19H20FNOS.C2H6.CH2O2/c1-2-16(13-27-21-9-5-7-17-6-3-4-8-20(17)21)22(18-10-11-18)23-24(15-26)19(12-25)14-28-23;1-11-3-6-16(20)14(7-11)8-15-9-17(22)21-12(2)10-23-19(21)18(15)13-4-5-13;1-2;2-1-3/h2-9,18-19,25-26H,10-15H2,1H3;3,6-7,9,12-13H,4-5,8,10H2,1-2H3;1-2H3;1H,(H,2,3)/b16-2-,23-22-;;;. The zero-order valence-electron chi connectivity index (χ0n) is 33.0. The van der Waals surface area contributed by atoms with Crippen LogP contribution in [0.5, 0.6) is 5.75 Å². The van der Waals surface area contributed by atoms with Crippen molar-refractivity contribution in [2.75, 3.05) is 31.5 Å². The fourth-order valence-electron chi connectivity index (χ4n) is 7.32. The van der Waals surface area contributed by atoms with Gasteiger partial charge < -0.3 is 25.0 Å². The van der Waals surface area contributed by atoms with Gasteiger partial charge in [-0.3, -0.25) is 14.2 Å². The molecular weight excluding hydrogens is 748 g/mol. The Morgan fingerprint density at radius 2 is 1.68 bits per heavy atom. The highest BCUT2D eigenvalue weighted by Crippen LogP contribution is 2.49. The number of carbonyl (C=O) groups is 1. The first kappa shape index (κ1) is 43.1. The Bertz CT molecular complexity index is 2090. The zero-order chi connectivity index (χ0) is 40.4. The van der Waals surface area contributed by atoms with E-state index in [0.29, 0.717) is 30.4 Å². The van der Waals surface area contributed by atoms with E-state index >= 15 is 0 Å². The highest BCUT2D eigenvalue weighted by Gasteiger charge is 2.38. The molecule has 8 rings (SSSR count). The predicted octanol–water partition coefficient (Wildman–Crippen LogP) is 9.30. The molecular formula is C45H55FN2O6S2. The molecule has 56 heavy (non-hydrogen) atoms. The maximum absolute atomic E-state index is 14.2. The molecule has 1 aromatic heterocycles. The average molecular weight is 803 g/mol. The number of aliphatic hydroxyl groups excluding tert-OH is 2. The molecule has 2 aliphatic carbocycles. The topological polar surface area (TPSA) is 112 Å². The molecule has 2 aliphatic heterocycles. The minimum atomic E-state index is -0.250. The molecule has 0 bridgehead atoms. The van der Waals surface area contributed by atoms with Gasteiger partial charge >= 0.3 is 0 Å². The monoisotopic (exact) mass is 802 g/mol. The fraction of sp³-hybridized carbons (Fsp3) is 0.422. The van der Waals surface area contributed by atoms with Crippen LogP contribution in [0.3, 0.4) is 0 Å². The minimum absolute atomic E-state index is 0.0177. The van der Waals surface area contributed by atoms with Gasteiger partial charge in [0.25, 0.3) is 12.0 Å². The highest BCUT2D eigenvalue weighted by atomic mass is 32.2. The third-order valence-corrected chi connectivity index (χ3v) is 12.9. The molecule has 2 atom stereocenters. The van der Waals surface area contributed by atoms with Crippen LogP contribution in [0.4, 0.5) is 4.39 Å². The number of nitrogens with zero attached hydrogens (tertiary/aromatic N) is 2. The van der Waals surface area contributed by atoms with Gasteiger partial charge in [-0.2, -0.15) is 0 Å². The van der Waals surface area contributed by atoms with Crippen LogP contribution in [0.25, 0.3) is 10.8 Å². The second-order valence-corrected chi connectivity index (χ2v) is 16.3. The highest BCUT2D eigenvalue weighted by molar-refractivity contribution is 8.03. The molecule has 3 fully saturated rings. The van der Waals surface area contributed by atoms with E-state index in [1.54, 1.807) is 35.7 Å². The fourth-order valence-corrected chi connectivity index (χ4v) is 10.2. The number of halogens is 1. The molecule has 3 aromatic carbocycles. The molecule has 3 N–H and O–H groups in total.